The van der Waals surface area contributed by atoms with E-state index in [4.69, 9.17) is 4.42 Å². The van der Waals surface area contributed by atoms with Gasteiger partial charge in [-0.3, -0.25) is 14.5 Å². The molecule has 1 aliphatic rings. The maximum absolute atomic E-state index is 12.6. The third-order valence-corrected chi connectivity index (χ3v) is 5.45. The zero-order chi connectivity index (χ0) is 22.8. The molecule has 1 aromatic carbocycles. The lowest BCUT2D eigenvalue weighted by atomic mass is 9.91. The second kappa shape index (κ2) is 12.0. The molecular formula is C23H30N4O5. The van der Waals surface area contributed by atoms with Gasteiger partial charge in [-0.15, -0.1) is 0 Å². The molecule has 172 valence electrons. The van der Waals surface area contributed by atoms with Crippen molar-refractivity contribution in [2.24, 2.45) is 0 Å². The summed E-state index contributed by atoms with van der Waals surface area (Å²) in [5, 5.41) is 5.95. The van der Waals surface area contributed by atoms with Crippen molar-refractivity contribution in [2.75, 3.05) is 33.3 Å². The van der Waals surface area contributed by atoms with Crippen LogP contribution >= 0.6 is 0 Å². The highest BCUT2D eigenvalue weighted by Gasteiger charge is 2.19. The second-order valence-corrected chi connectivity index (χ2v) is 7.82. The van der Waals surface area contributed by atoms with Crippen molar-refractivity contribution in [1.29, 1.82) is 0 Å². The SMILES string of the molecule is COC(=O)c1coc(CN2CCCNC(=O)CCC(c3ccccc3)CCNC(=O)C2)n1. The first kappa shape index (κ1) is 23.5. The monoisotopic (exact) mass is 442 g/mol. The highest BCUT2D eigenvalue weighted by atomic mass is 16.5. The van der Waals surface area contributed by atoms with Crippen molar-refractivity contribution >= 4 is 17.8 Å². The summed E-state index contributed by atoms with van der Waals surface area (Å²) in [5.41, 5.74) is 1.27. The standard InChI is InChI=1S/C23H30N4O5/c1-31-23(30)19-16-32-22(26-19)15-27-13-5-11-24-20(28)9-8-18(10-12-25-21(29)14-27)17-6-3-2-4-7-17/h2-4,6-7,16,18H,5,8-15H2,1H3,(H,24,28)(H,25,29). The van der Waals surface area contributed by atoms with Gasteiger partial charge >= 0.3 is 5.97 Å². The van der Waals surface area contributed by atoms with Crippen molar-refractivity contribution < 1.29 is 23.5 Å². The summed E-state index contributed by atoms with van der Waals surface area (Å²) in [6.45, 7) is 2.05. The van der Waals surface area contributed by atoms with Gasteiger partial charge in [0.1, 0.15) is 6.26 Å². The fourth-order valence-corrected chi connectivity index (χ4v) is 3.76. The molecule has 1 saturated heterocycles. The van der Waals surface area contributed by atoms with Gasteiger partial charge in [-0.2, -0.15) is 0 Å². The van der Waals surface area contributed by atoms with Gasteiger partial charge in [-0.05, 0) is 30.7 Å². The van der Waals surface area contributed by atoms with Gasteiger partial charge in [0, 0.05) is 26.1 Å². The van der Waals surface area contributed by atoms with E-state index in [1.165, 1.54) is 18.9 Å². The number of hydrogen-bond acceptors (Lipinski definition) is 7. The van der Waals surface area contributed by atoms with Crippen LogP contribution in [0.2, 0.25) is 0 Å². The van der Waals surface area contributed by atoms with Gasteiger partial charge in [-0.25, -0.2) is 9.78 Å². The third kappa shape index (κ3) is 7.19. The average molecular weight is 443 g/mol. The number of carbonyl (C=O) groups excluding carboxylic acids is 3. The number of hydrogen-bond donors (Lipinski definition) is 2. The van der Waals surface area contributed by atoms with Crippen LogP contribution in [0.25, 0.3) is 0 Å². The lowest BCUT2D eigenvalue weighted by Gasteiger charge is -2.22. The Morgan fingerprint density at radius 1 is 1.16 bits per heavy atom. The topological polar surface area (TPSA) is 114 Å². The van der Waals surface area contributed by atoms with Crippen molar-refractivity contribution in [3.05, 3.63) is 53.7 Å². The van der Waals surface area contributed by atoms with Gasteiger partial charge in [0.15, 0.2) is 5.69 Å². The quantitative estimate of drug-likeness (QED) is 0.695. The Kier molecular flexibility index (Phi) is 8.79. The fraction of sp³-hybridized carbons (Fsp3) is 0.478. The number of benzene rings is 1. The van der Waals surface area contributed by atoms with Crippen molar-refractivity contribution in [2.45, 2.75) is 38.1 Å². The van der Waals surface area contributed by atoms with Crippen LogP contribution < -0.4 is 10.6 Å². The van der Waals surface area contributed by atoms with Crippen molar-refractivity contribution in [3.63, 3.8) is 0 Å². The van der Waals surface area contributed by atoms with E-state index >= 15 is 0 Å². The third-order valence-electron chi connectivity index (χ3n) is 5.45. The fourth-order valence-electron chi connectivity index (χ4n) is 3.76. The Morgan fingerprint density at radius 3 is 2.72 bits per heavy atom. The largest absolute Gasteiger partial charge is 0.464 e. The molecule has 1 atom stereocenters. The molecule has 0 aliphatic carbocycles. The van der Waals surface area contributed by atoms with Crippen LogP contribution in [0, 0.1) is 0 Å². The Labute approximate surface area is 187 Å². The summed E-state index contributed by atoms with van der Waals surface area (Å²) < 4.78 is 10.0. The molecule has 1 unspecified atom stereocenters. The summed E-state index contributed by atoms with van der Waals surface area (Å²) in [6, 6.07) is 10.1. The second-order valence-electron chi connectivity index (χ2n) is 7.82. The lowest BCUT2D eigenvalue weighted by Crippen LogP contribution is -2.39. The summed E-state index contributed by atoms with van der Waals surface area (Å²) in [7, 11) is 1.28. The number of ether oxygens (including phenoxy) is 1. The number of methoxy groups -OCH3 is 1. The molecule has 1 aromatic heterocycles. The molecule has 9 nitrogen and oxygen atoms in total. The Hall–Kier alpha value is -3.20. The number of esters is 1. The Bertz CT molecular complexity index is 899. The first-order valence-electron chi connectivity index (χ1n) is 10.9. The maximum Gasteiger partial charge on any atom is 0.360 e. The molecule has 3 rings (SSSR count). The molecule has 32 heavy (non-hydrogen) atoms. The van der Waals surface area contributed by atoms with Crippen LogP contribution in [0.3, 0.4) is 0 Å². The average Bonchev–Trinajstić information content (AvgIpc) is 3.27. The first-order valence-corrected chi connectivity index (χ1v) is 10.9. The zero-order valence-corrected chi connectivity index (χ0v) is 18.3. The van der Waals surface area contributed by atoms with Gasteiger partial charge in [0.2, 0.25) is 17.7 Å². The van der Waals surface area contributed by atoms with Gasteiger partial charge in [-0.1, -0.05) is 30.3 Å². The molecule has 9 heteroatoms. The van der Waals surface area contributed by atoms with Gasteiger partial charge < -0.3 is 19.8 Å². The summed E-state index contributed by atoms with van der Waals surface area (Å²) in [4.78, 5) is 42.4. The smallest absolute Gasteiger partial charge is 0.360 e. The van der Waals surface area contributed by atoms with E-state index in [0.717, 1.165) is 12.8 Å². The van der Waals surface area contributed by atoms with Crippen LogP contribution in [-0.4, -0.2) is 61.0 Å². The maximum atomic E-state index is 12.6. The molecule has 2 aromatic rings. The highest BCUT2D eigenvalue weighted by molar-refractivity contribution is 5.86. The molecule has 2 amide bonds. The molecule has 0 saturated carbocycles. The molecule has 1 aliphatic heterocycles. The molecule has 0 spiro atoms. The first-order chi connectivity index (χ1) is 15.5. The van der Waals surface area contributed by atoms with Crippen LogP contribution in [0.5, 0.6) is 0 Å². The number of nitrogens with zero attached hydrogens (tertiary/aromatic N) is 2. The van der Waals surface area contributed by atoms with E-state index in [1.807, 2.05) is 23.1 Å². The minimum atomic E-state index is -0.575. The molecule has 1 fully saturated rings. The Morgan fingerprint density at radius 2 is 1.94 bits per heavy atom. The number of aromatic nitrogens is 1. The summed E-state index contributed by atoms with van der Waals surface area (Å²) in [6.07, 6.45) is 3.86. The Balaban J connectivity index is 1.63. The number of oxazole rings is 1. The number of rotatable bonds is 4. The normalized spacial score (nSPS) is 19.5. The minimum absolute atomic E-state index is 0.0361. The van der Waals surface area contributed by atoms with E-state index in [0.29, 0.717) is 38.4 Å². The molecule has 0 bridgehead atoms. The van der Waals surface area contributed by atoms with E-state index in [9.17, 15) is 14.4 Å². The van der Waals surface area contributed by atoms with Crippen LogP contribution in [0.15, 0.2) is 41.0 Å². The van der Waals surface area contributed by atoms with Crippen LogP contribution in [-0.2, 0) is 20.9 Å². The van der Waals surface area contributed by atoms with E-state index in [-0.39, 0.29) is 36.5 Å². The number of carbonyl (C=O) groups is 3. The molecule has 0 radical (unpaired) electrons. The highest BCUT2D eigenvalue weighted by Crippen LogP contribution is 2.24. The van der Waals surface area contributed by atoms with E-state index < -0.39 is 5.97 Å². The van der Waals surface area contributed by atoms with Crippen molar-refractivity contribution in [3.8, 4) is 0 Å². The predicted molar refractivity (Wildman–Crippen MR) is 117 cm³/mol. The molecule has 2 heterocycles. The van der Waals surface area contributed by atoms with E-state index in [1.54, 1.807) is 0 Å². The van der Waals surface area contributed by atoms with Gasteiger partial charge in [0.25, 0.3) is 0 Å². The molecule has 2 N–H and O–H groups in total. The predicted octanol–water partition coefficient (Wildman–Crippen LogP) is 1.85. The minimum Gasteiger partial charge on any atom is -0.464 e. The summed E-state index contributed by atoms with van der Waals surface area (Å²) in [5.74, 6) is -0.0982. The zero-order valence-electron chi connectivity index (χ0n) is 18.3. The number of nitrogens with one attached hydrogen (secondary N) is 2. The number of amides is 2. The van der Waals surface area contributed by atoms with Crippen molar-refractivity contribution in [1.82, 2.24) is 20.5 Å². The summed E-state index contributed by atoms with van der Waals surface area (Å²) >= 11 is 0. The molecular weight excluding hydrogens is 412 g/mol. The van der Waals surface area contributed by atoms with Crippen LogP contribution in [0.4, 0.5) is 0 Å². The lowest BCUT2D eigenvalue weighted by molar-refractivity contribution is -0.123. The van der Waals surface area contributed by atoms with Gasteiger partial charge in [0.05, 0.1) is 20.2 Å². The van der Waals surface area contributed by atoms with E-state index in [2.05, 4.69) is 32.5 Å². The van der Waals surface area contributed by atoms with Crippen LogP contribution in [0.1, 0.15) is 53.5 Å².